The van der Waals surface area contributed by atoms with Crippen LogP contribution < -0.4 is 5.32 Å². The number of carbonyl (C=O) groups is 1. The van der Waals surface area contributed by atoms with Crippen LogP contribution in [-0.2, 0) is 6.54 Å². The van der Waals surface area contributed by atoms with Crippen molar-refractivity contribution in [2.24, 2.45) is 0 Å². The summed E-state index contributed by atoms with van der Waals surface area (Å²) in [6, 6.07) is 10.9. The quantitative estimate of drug-likeness (QED) is 0.911. The van der Waals surface area contributed by atoms with E-state index in [0.29, 0.717) is 12.4 Å². The van der Waals surface area contributed by atoms with E-state index in [1.165, 1.54) is 6.07 Å². The standard InChI is InChI=1S/C13H11BrN2O2/c14-10-4-1-3-9(7-10)8-16-12-11(13(17)18)5-2-6-15-12/h1-7H,8H2,(H,15,16)(H,17,18). The molecule has 0 aliphatic heterocycles. The maximum absolute atomic E-state index is 11.0. The summed E-state index contributed by atoms with van der Waals surface area (Å²) < 4.78 is 0.987. The van der Waals surface area contributed by atoms with Crippen molar-refractivity contribution < 1.29 is 9.90 Å². The van der Waals surface area contributed by atoms with Gasteiger partial charge in [0.1, 0.15) is 11.4 Å². The summed E-state index contributed by atoms with van der Waals surface area (Å²) in [5.74, 6) is -0.607. The Bertz CT molecular complexity index is 572. The number of hydrogen-bond acceptors (Lipinski definition) is 3. The average molecular weight is 307 g/mol. The smallest absolute Gasteiger partial charge is 0.339 e. The fourth-order valence-corrected chi connectivity index (χ4v) is 2.00. The Kier molecular flexibility index (Phi) is 3.94. The summed E-state index contributed by atoms with van der Waals surface area (Å²) in [4.78, 5) is 15.0. The summed E-state index contributed by atoms with van der Waals surface area (Å²) in [6.45, 7) is 0.525. The highest BCUT2D eigenvalue weighted by molar-refractivity contribution is 9.10. The van der Waals surface area contributed by atoms with Gasteiger partial charge in [-0.2, -0.15) is 0 Å². The van der Waals surface area contributed by atoms with Gasteiger partial charge in [0.2, 0.25) is 0 Å². The van der Waals surface area contributed by atoms with E-state index >= 15 is 0 Å². The van der Waals surface area contributed by atoms with Crippen LogP contribution in [0.2, 0.25) is 0 Å². The number of carboxylic acid groups (broad SMARTS) is 1. The number of nitrogens with zero attached hydrogens (tertiary/aromatic N) is 1. The van der Waals surface area contributed by atoms with Gasteiger partial charge in [0.25, 0.3) is 0 Å². The van der Waals surface area contributed by atoms with E-state index in [4.69, 9.17) is 5.11 Å². The Labute approximate surface area is 113 Å². The number of pyridine rings is 1. The van der Waals surface area contributed by atoms with E-state index < -0.39 is 5.97 Å². The van der Waals surface area contributed by atoms with Crippen molar-refractivity contribution in [1.82, 2.24) is 4.98 Å². The lowest BCUT2D eigenvalue weighted by molar-refractivity contribution is 0.0697. The zero-order valence-electron chi connectivity index (χ0n) is 9.43. The highest BCUT2D eigenvalue weighted by Crippen LogP contribution is 2.15. The molecule has 2 aromatic rings. The van der Waals surface area contributed by atoms with Crippen LogP contribution in [0.1, 0.15) is 15.9 Å². The largest absolute Gasteiger partial charge is 0.478 e. The number of anilines is 1. The molecule has 18 heavy (non-hydrogen) atoms. The third-order valence-electron chi connectivity index (χ3n) is 2.39. The van der Waals surface area contributed by atoms with Crippen molar-refractivity contribution in [2.75, 3.05) is 5.32 Å². The fourth-order valence-electron chi connectivity index (χ4n) is 1.55. The van der Waals surface area contributed by atoms with Gasteiger partial charge in [0.05, 0.1) is 0 Å². The van der Waals surface area contributed by atoms with Crippen LogP contribution in [0, 0.1) is 0 Å². The van der Waals surface area contributed by atoms with E-state index in [1.54, 1.807) is 12.3 Å². The molecule has 0 amide bonds. The van der Waals surface area contributed by atoms with Crippen molar-refractivity contribution in [3.05, 3.63) is 58.2 Å². The molecule has 92 valence electrons. The lowest BCUT2D eigenvalue weighted by atomic mass is 10.2. The van der Waals surface area contributed by atoms with Gasteiger partial charge in [-0.05, 0) is 29.8 Å². The molecule has 0 saturated heterocycles. The SMILES string of the molecule is O=C(O)c1cccnc1NCc1cccc(Br)c1. The second kappa shape index (κ2) is 5.64. The summed E-state index contributed by atoms with van der Waals surface area (Å²) in [5.41, 5.74) is 1.22. The molecule has 2 rings (SSSR count). The van der Waals surface area contributed by atoms with Crippen LogP contribution in [0.5, 0.6) is 0 Å². The van der Waals surface area contributed by atoms with Crippen molar-refractivity contribution in [3.63, 3.8) is 0 Å². The van der Waals surface area contributed by atoms with E-state index in [-0.39, 0.29) is 5.56 Å². The molecule has 1 heterocycles. The van der Waals surface area contributed by atoms with Crippen molar-refractivity contribution >= 4 is 27.7 Å². The van der Waals surface area contributed by atoms with Crippen molar-refractivity contribution in [1.29, 1.82) is 0 Å². The first-order valence-corrected chi connectivity index (χ1v) is 6.13. The second-order valence-corrected chi connectivity index (χ2v) is 4.60. The topological polar surface area (TPSA) is 62.2 Å². The van der Waals surface area contributed by atoms with Gasteiger partial charge in [-0.3, -0.25) is 0 Å². The molecule has 0 aliphatic rings. The van der Waals surface area contributed by atoms with E-state index in [9.17, 15) is 4.79 Å². The Morgan fingerprint density at radius 1 is 1.33 bits per heavy atom. The van der Waals surface area contributed by atoms with E-state index in [2.05, 4.69) is 26.2 Å². The molecule has 0 atom stereocenters. The van der Waals surface area contributed by atoms with Gasteiger partial charge in [-0.25, -0.2) is 9.78 Å². The molecule has 0 fully saturated rings. The third kappa shape index (κ3) is 3.07. The van der Waals surface area contributed by atoms with Crippen LogP contribution in [-0.4, -0.2) is 16.1 Å². The zero-order chi connectivity index (χ0) is 13.0. The van der Waals surface area contributed by atoms with E-state index in [0.717, 1.165) is 10.0 Å². The minimum Gasteiger partial charge on any atom is -0.478 e. The number of aromatic nitrogens is 1. The van der Waals surface area contributed by atoms with Crippen LogP contribution in [0.15, 0.2) is 47.1 Å². The average Bonchev–Trinajstić information content (AvgIpc) is 2.37. The van der Waals surface area contributed by atoms with Crippen LogP contribution in [0.3, 0.4) is 0 Å². The molecule has 0 unspecified atom stereocenters. The second-order valence-electron chi connectivity index (χ2n) is 3.69. The van der Waals surface area contributed by atoms with Gasteiger partial charge in [0, 0.05) is 17.2 Å². The number of hydrogen-bond donors (Lipinski definition) is 2. The van der Waals surface area contributed by atoms with Crippen LogP contribution in [0.4, 0.5) is 5.82 Å². The zero-order valence-corrected chi connectivity index (χ0v) is 11.0. The molecule has 0 radical (unpaired) electrons. The maximum atomic E-state index is 11.0. The van der Waals surface area contributed by atoms with Crippen LogP contribution in [0.25, 0.3) is 0 Å². The normalized spacial score (nSPS) is 10.1. The number of halogens is 1. The predicted octanol–water partition coefficient (Wildman–Crippen LogP) is 3.15. The van der Waals surface area contributed by atoms with Gasteiger partial charge >= 0.3 is 5.97 Å². The molecule has 4 nitrogen and oxygen atoms in total. The van der Waals surface area contributed by atoms with E-state index in [1.807, 2.05) is 24.3 Å². The highest BCUT2D eigenvalue weighted by Gasteiger charge is 2.09. The molecule has 0 spiro atoms. The Morgan fingerprint density at radius 2 is 2.17 bits per heavy atom. The molecule has 2 N–H and O–H groups in total. The highest BCUT2D eigenvalue weighted by atomic mass is 79.9. The van der Waals surface area contributed by atoms with Crippen LogP contribution >= 0.6 is 15.9 Å². The van der Waals surface area contributed by atoms with Gasteiger partial charge in [-0.1, -0.05) is 28.1 Å². The first kappa shape index (κ1) is 12.6. The molecule has 0 saturated carbocycles. The molecule has 0 aliphatic carbocycles. The first-order chi connectivity index (χ1) is 8.66. The number of rotatable bonds is 4. The molecule has 5 heteroatoms. The Morgan fingerprint density at radius 3 is 2.89 bits per heavy atom. The molecular formula is C13H11BrN2O2. The Balaban J connectivity index is 2.13. The number of aromatic carboxylic acids is 1. The monoisotopic (exact) mass is 306 g/mol. The molecule has 1 aromatic carbocycles. The number of benzene rings is 1. The summed E-state index contributed by atoms with van der Waals surface area (Å²) >= 11 is 3.39. The predicted molar refractivity (Wildman–Crippen MR) is 72.7 cm³/mol. The van der Waals surface area contributed by atoms with Crippen molar-refractivity contribution in [2.45, 2.75) is 6.54 Å². The maximum Gasteiger partial charge on any atom is 0.339 e. The molecule has 0 bridgehead atoms. The van der Waals surface area contributed by atoms with Gasteiger partial charge < -0.3 is 10.4 Å². The summed E-state index contributed by atoms with van der Waals surface area (Å²) in [7, 11) is 0. The minimum absolute atomic E-state index is 0.174. The third-order valence-corrected chi connectivity index (χ3v) is 2.88. The summed E-state index contributed by atoms with van der Waals surface area (Å²) in [5, 5.41) is 12.0. The van der Waals surface area contributed by atoms with Gasteiger partial charge in [-0.15, -0.1) is 0 Å². The first-order valence-electron chi connectivity index (χ1n) is 5.33. The lowest BCUT2D eigenvalue weighted by Crippen LogP contribution is -2.07. The summed E-state index contributed by atoms with van der Waals surface area (Å²) in [6.07, 6.45) is 1.57. The minimum atomic E-state index is -0.986. The Hall–Kier alpha value is -1.88. The van der Waals surface area contributed by atoms with Gasteiger partial charge in [0.15, 0.2) is 0 Å². The van der Waals surface area contributed by atoms with Crippen molar-refractivity contribution in [3.8, 4) is 0 Å². The number of carboxylic acids is 1. The number of nitrogens with one attached hydrogen (secondary N) is 1. The molecular weight excluding hydrogens is 296 g/mol. The molecule has 1 aromatic heterocycles. The lowest BCUT2D eigenvalue weighted by Gasteiger charge is -2.08. The fraction of sp³-hybridized carbons (Fsp3) is 0.0769.